The number of nitrogens with zero attached hydrogens (tertiary/aromatic N) is 4. The van der Waals surface area contributed by atoms with E-state index in [9.17, 15) is 0 Å². The van der Waals surface area contributed by atoms with E-state index >= 15 is 0 Å². The van der Waals surface area contributed by atoms with Gasteiger partial charge in [0, 0.05) is 14.1 Å². The van der Waals surface area contributed by atoms with Crippen molar-refractivity contribution in [2.75, 3.05) is 19.0 Å². The van der Waals surface area contributed by atoms with Gasteiger partial charge < -0.3 is 4.90 Å². The van der Waals surface area contributed by atoms with Crippen molar-refractivity contribution in [2.45, 2.75) is 0 Å². The van der Waals surface area contributed by atoms with E-state index in [2.05, 4.69) is 20.2 Å². The summed E-state index contributed by atoms with van der Waals surface area (Å²) in [5, 5.41) is 7.71. The number of aromatic nitrogens is 4. The fraction of sp³-hybridized carbons (Fsp3) is 0.286. The van der Waals surface area contributed by atoms with Crippen LogP contribution in [0.1, 0.15) is 0 Å². The van der Waals surface area contributed by atoms with Crippen molar-refractivity contribution in [3.63, 3.8) is 0 Å². The third kappa shape index (κ3) is 1.31. The van der Waals surface area contributed by atoms with Gasteiger partial charge in [-0.15, -0.1) is 0 Å². The van der Waals surface area contributed by atoms with Crippen molar-refractivity contribution in [2.24, 2.45) is 0 Å². The lowest BCUT2D eigenvalue weighted by Gasteiger charge is -2.11. The van der Waals surface area contributed by atoms with Gasteiger partial charge in [0.25, 0.3) is 0 Å². The molecule has 0 atom stereocenters. The molecule has 0 aliphatic heterocycles. The Morgan fingerprint density at radius 2 is 2.15 bits per heavy atom. The zero-order valence-corrected chi connectivity index (χ0v) is 8.00. The molecule has 2 heterocycles. The topological polar surface area (TPSA) is 57.7 Å². The average Bonchev–Trinajstić information content (AvgIpc) is 2.49. The summed E-state index contributed by atoms with van der Waals surface area (Å²) in [5.74, 6) is 0.767. The Kier molecular flexibility index (Phi) is 1.81. The minimum absolute atomic E-state index is 0.223. The highest BCUT2D eigenvalue weighted by Crippen LogP contribution is 2.21. The van der Waals surface area contributed by atoms with Gasteiger partial charge in [-0.25, -0.2) is 0 Å². The lowest BCUT2D eigenvalue weighted by molar-refractivity contribution is 1.05. The summed E-state index contributed by atoms with van der Waals surface area (Å²) in [6.07, 6.45) is 1.68. The second kappa shape index (κ2) is 2.85. The van der Waals surface area contributed by atoms with Crippen molar-refractivity contribution in [3.8, 4) is 0 Å². The lowest BCUT2D eigenvalue weighted by Crippen LogP contribution is -2.11. The Morgan fingerprint density at radius 3 is 2.85 bits per heavy atom. The van der Waals surface area contributed by atoms with E-state index in [4.69, 9.17) is 11.6 Å². The largest absolute Gasteiger partial charge is 0.362 e. The van der Waals surface area contributed by atoms with E-state index in [-0.39, 0.29) is 5.28 Å². The molecule has 0 saturated carbocycles. The molecule has 2 rings (SSSR count). The predicted octanol–water partition coefficient (Wildman–Crippen LogP) is 1.07. The number of H-pyrrole nitrogens is 1. The Balaban J connectivity index is 2.77. The van der Waals surface area contributed by atoms with Gasteiger partial charge in [-0.05, 0) is 11.6 Å². The van der Waals surface area contributed by atoms with Crippen LogP contribution in [0, 0.1) is 0 Å². The molecular formula is C7H8ClN5. The molecule has 0 bridgehead atoms. The van der Waals surface area contributed by atoms with E-state index < -0.39 is 0 Å². The van der Waals surface area contributed by atoms with Crippen LogP contribution < -0.4 is 4.90 Å². The number of anilines is 1. The first-order chi connectivity index (χ1) is 6.18. The number of hydrogen-bond acceptors (Lipinski definition) is 4. The first-order valence-corrected chi connectivity index (χ1v) is 4.10. The van der Waals surface area contributed by atoms with Gasteiger partial charge in [0.05, 0.1) is 11.6 Å². The molecule has 5 nitrogen and oxygen atoms in total. The van der Waals surface area contributed by atoms with Crippen LogP contribution in [-0.4, -0.2) is 34.3 Å². The minimum atomic E-state index is 0.223. The second-order valence-electron chi connectivity index (χ2n) is 2.84. The summed E-state index contributed by atoms with van der Waals surface area (Å²) >= 11 is 5.73. The van der Waals surface area contributed by atoms with Gasteiger partial charge in [-0.2, -0.15) is 15.1 Å². The Labute approximate surface area is 79.7 Å². The summed E-state index contributed by atoms with van der Waals surface area (Å²) in [6.45, 7) is 0. The predicted molar refractivity (Wildman–Crippen MR) is 51.0 cm³/mol. The maximum absolute atomic E-state index is 5.73. The van der Waals surface area contributed by atoms with Crippen LogP contribution in [0.5, 0.6) is 0 Å². The number of hydrogen-bond donors (Lipinski definition) is 1. The third-order valence-electron chi connectivity index (χ3n) is 1.69. The molecule has 1 N–H and O–H groups in total. The van der Waals surface area contributed by atoms with E-state index in [1.54, 1.807) is 6.20 Å². The molecule has 2 aromatic heterocycles. The summed E-state index contributed by atoms with van der Waals surface area (Å²) < 4.78 is 0. The minimum Gasteiger partial charge on any atom is -0.362 e. The first kappa shape index (κ1) is 8.25. The molecule has 0 aliphatic rings. The molecule has 2 aromatic rings. The standard InChI is InChI=1S/C7H8ClN5/c1-13(2)6-4-3-9-12-5(4)10-7(8)11-6/h3H,1-2H3,(H,9,10,11,12). The molecule has 0 amide bonds. The number of halogens is 1. The second-order valence-corrected chi connectivity index (χ2v) is 3.18. The molecule has 0 saturated heterocycles. The molecule has 0 aromatic carbocycles. The van der Waals surface area contributed by atoms with Crippen LogP contribution in [0.2, 0.25) is 5.28 Å². The Morgan fingerprint density at radius 1 is 1.38 bits per heavy atom. The molecule has 0 radical (unpaired) electrons. The number of rotatable bonds is 1. The SMILES string of the molecule is CN(C)c1nc(Cl)nc2[nH]ncc12. The van der Waals surface area contributed by atoms with Gasteiger partial charge >= 0.3 is 0 Å². The summed E-state index contributed by atoms with van der Waals surface area (Å²) in [4.78, 5) is 9.95. The molecule has 0 fully saturated rings. The van der Waals surface area contributed by atoms with Crippen LogP contribution in [0.25, 0.3) is 11.0 Å². The zero-order valence-electron chi connectivity index (χ0n) is 7.24. The van der Waals surface area contributed by atoms with Crippen molar-refractivity contribution in [1.82, 2.24) is 20.2 Å². The van der Waals surface area contributed by atoms with E-state index in [1.165, 1.54) is 0 Å². The average molecular weight is 198 g/mol. The smallest absolute Gasteiger partial charge is 0.226 e. The van der Waals surface area contributed by atoms with Gasteiger partial charge in [0.2, 0.25) is 5.28 Å². The maximum Gasteiger partial charge on any atom is 0.226 e. The number of nitrogens with one attached hydrogen (secondary N) is 1. The van der Waals surface area contributed by atoms with E-state index in [1.807, 2.05) is 19.0 Å². The molecule has 6 heteroatoms. The first-order valence-electron chi connectivity index (χ1n) is 3.72. The Bertz CT molecular complexity index is 435. The quantitative estimate of drug-likeness (QED) is 0.695. The molecular weight excluding hydrogens is 190 g/mol. The summed E-state index contributed by atoms with van der Waals surface area (Å²) in [6, 6.07) is 0. The van der Waals surface area contributed by atoms with E-state index in [0.29, 0.717) is 5.65 Å². The zero-order chi connectivity index (χ0) is 9.42. The van der Waals surface area contributed by atoms with Gasteiger partial charge in [0.1, 0.15) is 5.82 Å². The van der Waals surface area contributed by atoms with Crippen LogP contribution in [-0.2, 0) is 0 Å². The normalized spacial score (nSPS) is 10.7. The van der Waals surface area contributed by atoms with E-state index in [0.717, 1.165) is 11.2 Å². The molecule has 0 unspecified atom stereocenters. The molecule has 13 heavy (non-hydrogen) atoms. The number of aromatic amines is 1. The van der Waals surface area contributed by atoms with Crippen molar-refractivity contribution >= 4 is 28.5 Å². The fourth-order valence-corrected chi connectivity index (χ4v) is 1.30. The molecule has 68 valence electrons. The molecule has 0 spiro atoms. The van der Waals surface area contributed by atoms with Crippen LogP contribution in [0.4, 0.5) is 5.82 Å². The Hall–Kier alpha value is -1.36. The highest BCUT2D eigenvalue weighted by atomic mass is 35.5. The summed E-state index contributed by atoms with van der Waals surface area (Å²) in [5.41, 5.74) is 0.656. The van der Waals surface area contributed by atoms with Crippen LogP contribution in [0.3, 0.4) is 0 Å². The van der Waals surface area contributed by atoms with Gasteiger partial charge in [-0.1, -0.05) is 0 Å². The van der Waals surface area contributed by atoms with Crippen LogP contribution in [0.15, 0.2) is 6.20 Å². The lowest BCUT2D eigenvalue weighted by atomic mass is 10.4. The van der Waals surface area contributed by atoms with Crippen molar-refractivity contribution in [3.05, 3.63) is 11.5 Å². The number of fused-ring (bicyclic) bond motifs is 1. The highest BCUT2D eigenvalue weighted by Gasteiger charge is 2.09. The highest BCUT2D eigenvalue weighted by molar-refractivity contribution is 6.28. The fourth-order valence-electron chi connectivity index (χ4n) is 1.13. The summed E-state index contributed by atoms with van der Waals surface area (Å²) in [7, 11) is 3.79. The third-order valence-corrected chi connectivity index (χ3v) is 1.85. The van der Waals surface area contributed by atoms with Gasteiger partial charge in [-0.3, -0.25) is 5.10 Å². The van der Waals surface area contributed by atoms with Crippen molar-refractivity contribution < 1.29 is 0 Å². The monoisotopic (exact) mass is 197 g/mol. The van der Waals surface area contributed by atoms with Gasteiger partial charge in [0.15, 0.2) is 5.65 Å². The van der Waals surface area contributed by atoms with Crippen molar-refractivity contribution in [1.29, 1.82) is 0 Å². The maximum atomic E-state index is 5.73. The van der Waals surface area contributed by atoms with Crippen LogP contribution >= 0.6 is 11.6 Å². The molecule has 0 aliphatic carbocycles.